The first-order valence-electron chi connectivity index (χ1n) is 7.33. The highest BCUT2D eigenvalue weighted by Crippen LogP contribution is 2.22. The fourth-order valence-electron chi connectivity index (χ4n) is 2.19. The number of nitrogens with one attached hydrogen (secondary N) is 1. The van der Waals surface area contributed by atoms with Gasteiger partial charge in [-0.2, -0.15) is 5.10 Å². The summed E-state index contributed by atoms with van der Waals surface area (Å²) in [6, 6.07) is 0. The van der Waals surface area contributed by atoms with Crippen LogP contribution in [0, 0.1) is 6.92 Å². The highest BCUT2D eigenvalue weighted by Gasteiger charge is 2.12. The Labute approximate surface area is 120 Å². The van der Waals surface area contributed by atoms with Gasteiger partial charge in [-0.05, 0) is 26.7 Å². The summed E-state index contributed by atoms with van der Waals surface area (Å²) in [6.45, 7) is 10.2. The molecule has 0 saturated carbocycles. The van der Waals surface area contributed by atoms with Crippen LogP contribution in [0.4, 0.5) is 5.82 Å². The van der Waals surface area contributed by atoms with Crippen molar-refractivity contribution in [2.45, 2.75) is 47.1 Å². The van der Waals surface area contributed by atoms with E-state index in [1.165, 1.54) is 5.56 Å². The third-order valence-electron chi connectivity index (χ3n) is 3.33. The van der Waals surface area contributed by atoms with E-state index >= 15 is 0 Å². The second kappa shape index (κ2) is 6.50. The lowest BCUT2D eigenvalue weighted by Gasteiger charge is -2.12. The molecule has 5 nitrogen and oxygen atoms in total. The molecular formula is C15H23N5. The van der Waals surface area contributed by atoms with E-state index in [-0.39, 0.29) is 0 Å². The van der Waals surface area contributed by atoms with E-state index < -0.39 is 0 Å². The molecule has 0 aliphatic carbocycles. The van der Waals surface area contributed by atoms with Crippen LogP contribution in [0.1, 0.15) is 38.4 Å². The van der Waals surface area contributed by atoms with Crippen molar-refractivity contribution < 1.29 is 0 Å². The van der Waals surface area contributed by atoms with Crippen LogP contribution in [0.25, 0.3) is 11.4 Å². The van der Waals surface area contributed by atoms with Crippen LogP contribution < -0.4 is 5.32 Å². The van der Waals surface area contributed by atoms with Crippen molar-refractivity contribution in [3.8, 4) is 11.4 Å². The zero-order chi connectivity index (χ0) is 14.5. The van der Waals surface area contributed by atoms with E-state index in [1.807, 2.05) is 24.0 Å². The summed E-state index contributed by atoms with van der Waals surface area (Å²) < 4.78 is 1.89. The Bertz CT molecular complexity index is 574. The molecule has 2 aromatic rings. The molecule has 0 spiro atoms. The number of aromatic nitrogens is 4. The highest BCUT2D eigenvalue weighted by molar-refractivity contribution is 5.58. The molecule has 0 aliphatic rings. The van der Waals surface area contributed by atoms with Crippen molar-refractivity contribution in [2.75, 3.05) is 11.9 Å². The van der Waals surface area contributed by atoms with Crippen LogP contribution in [0.5, 0.6) is 0 Å². The summed E-state index contributed by atoms with van der Waals surface area (Å²) >= 11 is 0. The Morgan fingerprint density at radius 1 is 1.20 bits per heavy atom. The normalized spacial score (nSPS) is 10.8. The van der Waals surface area contributed by atoms with Crippen LogP contribution in [0.2, 0.25) is 0 Å². The summed E-state index contributed by atoms with van der Waals surface area (Å²) in [5, 5.41) is 7.70. The van der Waals surface area contributed by atoms with Crippen molar-refractivity contribution in [3.05, 3.63) is 23.7 Å². The molecule has 0 amide bonds. The number of rotatable bonds is 6. The summed E-state index contributed by atoms with van der Waals surface area (Å²) in [5.74, 6) is 1.71. The van der Waals surface area contributed by atoms with Gasteiger partial charge in [-0.3, -0.25) is 4.68 Å². The lowest BCUT2D eigenvalue weighted by Crippen LogP contribution is -2.09. The van der Waals surface area contributed by atoms with E-state index in [2.05, 4.69) is 41.2 Å². The molecule has 0 unspecified atom stereocenters. The van der Waals surface area contributed by atoms with E-state index in [0.29, 0.717) is 0 Å². The largest absolute Gasteiger partial charge is 0.370 e. The molecule has 5 heteroatoms. The summed E-state index contributed by atoms with van der Waals surface area (Å²) in [7, 11) is 0. The molecule has 1 N–H and O–H groups in total. The van der Waals surface area contributed by atoms with Gasteiger partial charge >= 0.3 is 0 Å². The molecule has 0 fully saturated rings. The van der Waals surface area contributed by atoms with E-state index in [1.54, 1.807) is 0 Å². The van der Waals surface area contributed by atoms with Gasteiger partial charge in [0.25, 0.3) is 0 Å². The van der Waals surface area contributed by atoms with Gasteiger partial charge in [0.15, 0.2) is 5.82 Å². The van der Waals surface area contributed by atoms with Crippen molar-refractivity contribution in [1.82, 2.24) is 19.7 Å². The van der Waals surface area contributed by atoms with Gasteiger partial charge in [-0.25, -0.2) is 9.97 Å². The minimum absolute atomic E-state index is 0.748. The van der Waals surface area contributed by atoms with Crippen molar-refractivity contribution in [3.63, 3.8) is 0 Å². The lowest BCUT2D eigenvalue weighted by atomic mass is 10.1. The molecule has 0 aliphatic heterocycles. The Hall–Kier alpha value is -1.91. The third-order valence-corrected chi connectivity index (χ3v) is 3.33. The predicted molar refractivity (Wildman–Crippen MR) is 81.8 cm³/mol. The smallest absolute Gasteiger partial charge is 0.164 e. The molecule has 20 heavy (non-hydrogen) atoms. The zero-order valence-electron chi connectivity index (χ0n) is 12.8. The fourth-order valence-corrected chi connectivity index (χ4v) is 2.19. The van der Waals surface area contributed by atoms with Gasteiger partial charge in [-0.15, -0.1) is 0 Å². The molecule has 0 aromatic carbocycles. The van der Waals surface area contributed by atoms with Gasteiger partial charge in [0, 0.05) is 30.5 Å². The second-order valence-corrected chi connectivity index (χ2v) is 4.82. The standard InChI is InChI=1S/C15H23N5/c1-5-8-16-15-13(6-2)11(4)18-14(19-15)12-9-17-20(7-3)10-12/h9-10H,5-8H2,1-4H3,(H,16,18,19). The maximum absolute atomic E-state index is 4.68. The van der Waals surface area contributed by atoms with Gasteiger partial charge in [0.2, 0.25) is 0 Å². The molecule has 2 aromatic heterocycles. The summed E-state index contributed by atoms with van der Waals surface area (Å²) in [4.78, 5) is 9.31. The van der Waals surface area contributed by atoms with Crippen LogP contribution >= 0.6 is 0 Å². The number of aryl methyl sites for hydroxylation is 2. The lowest BCUT2D eigenvalue weighted by molar-refractivity contribution is 0.660. The monoisotopic (exact) mass is 273 g/mol. The Morgan fingerprint density at radius 2 is 2.00 bits per heavy atom. The Kier molecular flexibility index (Phi) is 4.71. The number of hydrogen-bond donors (Lipinski definition) is 1. The molecule has 0 bridgehead atoms. The number of nitrogens with zero attached hydrogens (tertiary/aromatic N) is 4. The fraction of sp³-hybridized carbons (Fsp3) is 0.533. The molecule has 0 atom stereocenters. The first-order valence-corrected chi connectivity index (χ1v) is 7.33. The van der Waals surface area contributed by atoms with Gasteiger partial charge in [-0.1, -0.05) is 13.8 Å². The predicted octanol–water partition coefficient (Wildman–Crippen LogP) is 3.05. The molecule has 108 valence electrons. The Morgan fingerprint density at radius 3 is 2.60 bits per heavy atom. The van der Waals surface area contributed by atoms with E-state index in [0.717, 1.165) is 48.8 Å². The van der Waals surface area contributed by atoms with Crippen LogP contribution in [0.15, 0.2) is 12.4 Å². The van der Waals surface area contributed by atoms with E-state index in [9.17, 15) is 0 Å². The molecular weight excluding hydrogens is 250 g/mol. The number of hydrogen-bond acceptors (Lipinski definition) is 4. The average molecular weight is 273 g/mol. The molecule has 0 radical (unpaired) electrons. The van der Waals surface area contributed by atoms with E-state index in [4.69, 9.17) is 0 Å². The maximum atomic E-state index is 4.68. The van der Waals surface area contributed by atoms with Gasteiger partial charge < -0.3 is 5.32 Å². The van der Waals surface area contributed by atoms with Crippen molar-refractivity contribution in [2.24, 2.45) is 0 Å². The third kappa shape index (κ3) is 2.98. The second-order valence-electron chi connectivity index (χ2n) is 4.82. The molecule has 2 rings (SSSR count). The minimum atomic E-state index is 0.748. The summed E-state index contributed by atoms with van der Waals surface area (Å²) in [5.41, 5.74) is 3.21. The first kappa shape index (κ1) is 14.5. The summed E-state index contributed by atoms with van der Waals surface area (Å²) in [6.07, 6.45) is 5.83. The average Bonchev–Trinajstić information content (AvgIpc) is 2.93. The van der Waals surface area contributed by atoms with Crippen LogP contribution in [-0.4, -0.2) is 26.3 Å². The maximum Gasteiger partial charge on any atom is 0.164 e. The molecule has 2 heterocycles. The highest BCUT2D eigenvalue weighted by atomic mass is 15.3. The molecule has 0 saturated heterocycles. The topological polar surface area (TPSA) is 55.6 Å². The van der Waals surface area contributed by atoms with Crippen molar-refractivity contribution >= 4 is 5.82 Å². The van der Waals surface area contributed by atoms with Gasteiger partial charge in [0.05, 0.1) is 11.8 Å². The Balaban J connectivity index is 2.41. The van der Waals surface area contributed by atoms with Crippen molar-refractivity contribution in [1.29, 1.82) is 0 Å². The zero-order valence-corrected chi connectivity index (χ0v) is 12.8. The van der Waals surface area contributed by atoms with Gasteiger partial charge in [0.1, 0.15) is 5.82 Å². The first-order chi connectivity index (χ1) is 9.69. The SMILES string of the molecule is CCCNc1nc(-c2cnn(CC)c2)nc(C)c1CC. The minimum Gasteiger partial charge on any atom is -0.370 e. The quantitative estimate of drug-likeness (QED) is 0.879. The van der Waals surface area contributed by atoms with Crippen LogP contribution in [-0.2, 0) is 13.0 Å². The number of anilines is 1. The van der Waals surface area contributed by atoms with Crippen LogP contribution in [0.3, 0.4) is 0 Å².